The maximum atomic E-state index is 12.5. The van der Waals surface area contributed by atoms with Crippen LogP contribution in [0.4, 0.5) is 0 Å². The topological polar surface area (TPSA) is 57.7 Å². The van der Waals surface area contributed by atoms with Crippen molar-refractivity contribution in [3.63, 3.8) is 0 Å². The second-order valence-corrected chi connectivity index (χ2v) is 8.15. The lowest BCUT2D eigenvalue weighted by molar-refractivity contribution is -0.130. The zero-order valence-electron chi connectivity index (χ0n) is 14.8. The highest BCUT2D eigenvalue weighted by Gasteiger charge is 2.17. The summed E-state index contributed by atoms with van der Waals surface area (Å²) in [6.07, 6.45) is 0.253. The van der Waals surface area contributed by atoms with Crippen molar-refractivity contribution in [3.8, 4) is 0 Å². The average molecular weight is 360 g/mol. The Kier molecular flexibility index (Phi) is 6.33. The van der Waals surface area contributed by atoms with Crippen molar-refractivity contribution in [1.29, 1.82) is 0 Å². The summed E-state index contributed by atoms with van der Waals surface area (Å²) in [5, 5.41) is 0. The molecule has 6 heteroatoms. The Bertz CT molecular complexity index is 800. The van der Waals surface area contributed by atoms with Crippen LogP contribution in [-0.2, 0) is 27.8 Å². The van der Waals surface area contributed by atoms with Crippen LogP contribution in [0.25, 0.3) is 0 Å². The predicted octanol–water partition coefficient (Wildman–Crippen LogP) is 2.53. The molecule has 0 saturated carbocycles. The summed E-state index contributed by atoms with van der Waals surface area (Å²) in [6, 6.07) is 16.3. The minimum atomic E-state index is -3.45. The largest absolute Gasteiger partial charge is 0.338 e. The van der Waals surface area contributed by atoms with E-state index in [1.165, 1.54) is 18.4 Å². The van der Waals surface area contributed by atoms with E-state index in [9.17, 15) is 13.2 Å². The molecule has 0 N–H and O–H groups in total. The van der Waals surface area contributed by atoms with Gasteiger partial charge < -0.3 is 4.90 Å². The number of rotatable bonds is 7. The molecule has 5 nitrogen and oxygen atoms in total. The monoisotopic (exact) mass is 360 g/mol. The van der Waals surface area contributed by atoms with E-state index in [0.717, 1.165) is 11.1 Å². The fourth-order valence-electron chi connectivity index (χ4n) is 2.46. The van der Waals surface area contributed by atoms with Crippen molar-refractivity contribution in [3.05, 3.63) is 65.7 Å². The Labute approximate surface area is 149 Å². The molecule has 0 radical (unpaired) electrons. The number of carbonyl (C=O) groups is 1. The van der Waals surface area contributed by atoms with Gasteiger partial charge in [-0.2, -0.15) is 0 Å². The summed E-state index contributed by atoms with van der Waals surface area (Å²) in [5.41, 5.74) is 1.89. The Hall–Kier alpha value is -2.18. The Balaban J connectivity index is 2.06. The maximum Gasteiger partial charge on any atom is 0.242 e. The molecule has 0 bridgehead atoms. The zero-order valence-corrected chi connectivity index (χ0v) is 15.7. The van der Waals surface area contributed by atoms with Crippen LogP contribution in [0.15, 0.2) is 59.5 Å². The highest BCUT2D eigenvalue weighted by molar-refractivity contribution is 7.89. The molecule has 0 heterocycles. The number of sulfonamides is 1. The molecule has 25 heavy (non-hydrogen) atoms. The lowest BCUT2D eigenvalue weighted by atomic mass is 10.1. The Morgan fingerprint density at radius 3 is 2.04 bits per heavy atom. The van der Waals surface area contributed by atoms with Crippen LogP contribution in [-0.4, -0.2) is 44.2 Å². The number of carbonyl (C=O) groups excluding carboxylic acids is 1. The number of hydrogen-bond acceptors (Lipinski definition) is 3. The highest BCUT2D eigenvalue weighted by Crippen LogP contribution is 2.15. The van der Waals surface area contributed by atoms with E-state index >= 15 is 0 Å². The molecule has 0 atom stereocenters. The van der Waals surface area contributed by atoms with Gasteiger partial charge >= 0.3 is 0 Å². The first-order valence-corrected chi connectivity index (χ1v) is 9.61. The van der Waals surface area contributed by atoms with E-state index in [1.807, 2.05) is 37.3 Å². The number of nitrogens with zero attached hydrogens (tertiary/aromatic N) is 2. The summed E-state index contributed by atoms with van der Waals surface area (Å²) < 4.78 is 25.3. The molecular weight excluding hydrogens is 336 g/mol. The van der Waals surface area contributed by atoms with Gasteiger partial charge in [0.2, 0.25) is 15.9 Å². The molecule has 0 saturated heterocycles. The molecule has 0 spiro atoms. The first kappa shape index (κ1) is 19.1. The highest BCUT2D eigenvalue weighted by atomic mass is 32.2. The van der Waals surface area contributed by atoms with Crippen molar-refractivity contribution >= 4 is 15.9 Å². The van der Waals surface area contributed by atoms with E-state index in [4.69, 9.17) is 0 Å². The SMILES string of the molecule is CCN(Cc1ccccc1)C(=O)Cc1ccc(S(=O)(=O)N(C)C)cc1. The fourth-order valence-corrected chi connectivity index (χ4v) is 3.36. The minimum absolute atomic E-state index is 0.0227. The maximum absolute atomic E-state index is 12.5. The first-order valence-electron chi connectivity index (χ1n) is 8.17. The van der Waals surface area contributed by atoms with E-state index in [1.54, 1.807) is 29.2 Å². The van der Waals surface area contributed by atoms with Crippen LogP contribution in [0, 0.1) is 0 Å². The van der Waals surface area contributed by atoms with Gasteiger partial charge in [-0.05, 0) is 30.2 Å². The third-order valence-corrected chi connectivity index (χ3v) is 5.84. The van der Waals surface area contributed by atoms with Crippen molar-refractivity contribution in [2.24, 2.45) is 0 Å². The number of amides is 1. The quantitative estimate of drug-likeness (QED) is 0.762. The molecule has 0 aliphatic heterocycles. The molecular formula is C19H24N2O3S. The third-order valence-electron chi connectivity index (χ3n) is 4.01. The second-order valence-electron chi connectivity index (χ2n) is 6.00. The van der Waals surface area contributed by atoms with Gasteiger partial charge in [-0.25, -0.2) is 12.7 Å². The van der Waals surface area contributed by atoms with Crippen molar-refractivity contribution in [1.82, 2.24) is 9.21 Å². The molecule has 0 aromatic heterocycles. The van der Waals surface area contributed by atoms with Gasteiger partial charge in [0.15, 0.2) is 0 Å². The zero-order chi connectivity index (χ0) is 18.4. The lowest BCUT2D eigenvalue weighted by Crippen LogP contribution is -2.31. The normalized spacial score (nSPS) is 11.5. The van der Waals surface area contributed by atoms with Crippen LogP contribution in [0.3, 0.4) is 0 Å². The second kappa shape index (κ2) is 8.27. The van der Waals surface area contributed by atoms with Gasteiger partial charge in [-0.1, -0.05) is 42.5 Å². The predicted molar refractivity (Wildman–Crippen MR) is 98.6 cm³/mol. The van der Waals surface area contributed by atoms with E-state index in [0.29, 0.717) is 13.1 Å². The van der Waals surface area contributed by atoms with E-state index < -0.39 is 10.0 Å². The third kappa shape index (κ3) is 4.90. The van der Waals surface area contributed by atoms with Gasteiger partial charge in [0.25, 0.3) is 0 Å². The van der Waals surface area contributed by atoms with Gasteiger partial charge in [0, 0.05) is 27.2 Å². The van der Waals surface area contributed by atoms with Crippen LogP contribution in [0.1, 0.15) is 18.1 Å². The summed E-state index contributed by atoms with van der Waals surface area (Å²) in [6.45, 7) is 3.15. The first-order chi connectivity index (χ1) is 11.8. The summed E-state index contributed by atoms with van der Waals surface area (Å²) in [4.78, 5) is 14.6. The van der Waals surface area contributed by atoms with Crippen molar-refractivity contribution < 1.29 is 13.2 Å². The summed E-state index contributed by atoms with van der Waals surface area (Å²) >= 11 is 0. The number of likely N-dealkylation sites (N-methyl/N-ethyl adjacent to an activating group) is 1. The van der Waals surface area contributed by atoms with Gasteiger partial charge in [-0.15, -0.1) is 0 Å². The Morgan fingerprint density at radius 2 is 1.52 bits per heavy atom. The van der Waals surface area contributed by atoms with Crippen LogP contribution in [0.2, 0.25) is 0 Å². The molecule has 134 valence electrons. The minimum Gasteiger partial charge on any atom is -0.338 e. The summed E-state index contributed by atoms with van der Waals surface area (Å²) in [7, 11) is -0.455. The van der Waals surface area contributed by atoms with Gasteiger partial charge in [0.05, 0.1) is 11.3 Å². The van der Waals surface area contributed by atoms with Gasteiger partial charge in [0.1, 0.15) is 0 Å². The van der Waals surface area contributed by atoms with Crippen molar-refractivity contribution in [2.45, 2.75) is 24.8 Å². The smallest absolute Gasteiger partial charge is 0.242 e. The van der Waals surface area contributed by atoms with Crippen LogP contribution in [0.5, 0.6) is 0 Å². The molecule has 0 aliphatic rings. The average Bonchev–Trinajstić information content (AvgIpc) is 2.60. The number of benzene rings is 2. The van der Waals surface area contributed by atoms with Crippen LogP contribution < -0.4 is 0 Å². The molecule has 2 aromatic carbocycles. The van der Waals surface area contributed by atoms with Crippen LogP contribution >= 0.6 is 0 Å². The molecule has 0 unspecified atom stereocenters. The van der Waals surface area contributed by atoms with Crippen molar-refractivity contribution in [2.75, 3.05) is 20.6 Å². The standard InChI is InChI=1S/C19H24N2O3S/c1-4-21(15-17-8-6-5-7-9-17)19(22)14-16-10-12-18(13-11-16)25(23,24)20(2)3/h5-13H,4,14-15H2,1-3H3. The Morgan fingerprint density at radius 1 is 0.920 bits per heavy atom. The molecule has 2 aromatic rings. The molecule has 1 amide bonds. The van der Waals surface area contributed by atoms with Gasteiger partial charge in [-0.3, -0.25) is 4.79 Å². The molecule has 0 fully saturated rings. The lowest BCUT2D eigenvalue weighted by Gasteiger charge is -2.21. The van der Waals surface area contributed by atoms with E-state index in [-0.39, 0.29) is 17.2 Å². The molecule has 2 rings (SSSR count). The van der Waals surface area contributed by atoms with E-state index in [2.05, 4.69) is 0 Å². The molecule has 0 aliphatic carbocycles. The number of hydrogen-bond donors (Lipinski definition) is 0. The summed E-state index contributed by atoms with van der Waals surface area (Å²) in [5.74, 6) is 0.0227. The fraction of sp³-hybridized carbons (Fsp3) is 0.316.